The molecule has 6 heteroatoms. The fourth-order valence-corrected chi connectivity index (χ4v) is 3.06. The Kier molecular flexibility index (Phi) is 23.2. The first-order valence-electron chi connectivity index (χ1n) is 10.7. The predicted molar refractivity (Wildman–Crippen MR) is 117 cm³/mol. The third-order valence-electron chi connectivity index (χ3n) is 4.44. The summed E-state index contributed by atoms with van der Waals surface area (Å²) in [5, 5.41) is 8.56. The minimum atomic E-state index is -0.673. The second kappa shape index (κ2) is 20.6. The van der Waals surface area contributed by atoms with Crippen molar-refractivity contribution in [1.82, 2.24) is 12.3 Å². The number of hydrogen-bond donors (Lipinski definition) is 3. The normalized spacial score (nSPS) is 10.7. The zero-order valence-corrected chi connectivity index (χ0v) is 18.9. The number of unbranched alkanes of at least 4 members (excludes halogenated alkanes) is 13. The van der Waals surface area contributed by atoms with Crippen LogP contribution in [0.3, 0.4) is 0 Å². The Balaban J connectivity index is -0.00000312. The first-order valence-corrected chi connectivity index (χ1v) is 10.7. The van der Waals surface area contributed by atoms with E-state index in [1.165, 1.54) is 64.2 Å². The van der Waals surface area contributed by atoms with Gasteiger partial charge < -0.3 is 22.1 Å². The molecule has 28 heavy (non-hydrogen) atoms. The van der Waals surface area contributed by atoms with Crippen molar-refractivity contribution in [3.63, 3.8) is 0 Å². The molecule has 7 N–H and O–H groups in total. The summed E-state index contributed by atoms with van der Waals surface area (Å²) in [6.45, 7) is 5.73. The molecule has 0 aromatic heterocycles. The number of rotatable bonds is 17. The lowest BCUT2D eigenvalue weighted by molar-refractivity contribution is -0.155. The maximum absolute atomic E-state index is 11.6. The summed E-state index contributed by atoms with van der Waals surface area (Å²) in [5.41, 5.74) is -0.364. The molecule has 0 saturated heterocycles. The lowest BCUT2D eigenvalue weighted by Gasteiger charge is -2.19. The number of carboxylic acids is 1. The average Bonchev–Trinajstić information content (AvgIpc) is 2.52. The van der Waals surface area contributed by atoms with Gasteiger partial charge in [-0.05, 0) is 33.6 Å². The maximum Gasteiger partial charge on any atom is 0.306 e. The molecule has 0 aliphatic rings. The van der Waals surface area contributed by atoms with Gasteiger partial charge in [-0.15, -0.1) is 0 Å². The average molecular weight is 405 g/mol. The molecule has 0 amide bonds. The van der Waals surface area contributed by atoms with Gasteiger partial charge in [0.15, 0.2) is 0 Å². The molecule has 0 atom stereocenters. The van der Waals surface area contributed by atoms with Crippen molar-refractivity contribution in [3.8, 4) is 0 Å². The van der Waals surface area contributed by atoms with Gasteiger partial charge in [0.2, 0.25) is 0 Å². The summed E-state index contributed by atoms with van der Waals surface area (Å²) in [6.07, 6.45) is 17.6. The van der Waals surface area contributed by atoms with Crippen molar-refractivity contribution < 1.29 is 19.4 Å². The van der Waals surface area contributed by atoms with E-state index >= 15 is 0 Å². The van der Waals surface area contributed by atoms with E-state index in [0.29, 0.717) is 12.8 Å². The van der Waals surface area contributed by atoms with Crippen LogP contribution < -0.4 is 12.3 Å². The highest BCUT2D eigenvalue weighted by Crippen LogP contribution is 2.14. The molecule has 0 aliphatic carbocycles. The quantitative estimate of drug-likeness (QED) is 0.177. The Labute approximate surface area is 173 Å². The molecule has 0 bridgehead atoms. The van der Waals surface area contributed by atoms with Crippen LogP contribution in [0.25, 0.3) is 0 Å². The van der Waals surface area contributed by atoms with Gasteiger partial charge in [0, 0.05) is 12.8 Å². The summed E-state index contributed by atoms with van der Waals surface area (Å²) < 4.78 is 5.30. The number of aliphatic carboxylic acids is 1. The number of carbonyl (C=O) groups is 2. The summed E-state index contributed by atoms with van der Waals surface area (Å²) in [5.74, 6) is -0.743. The largest absolute Gasteiger partial charge is 0.481 e. The molecule has 0 aromatic rings. The van der Waals surface area contributed by atoms with Crippen molar-refractivity contribution in [2.75, 3.05) is 0 Å². The first-order chi connectivity index (χ1) is 12.3. The van der Waals surface area contributed by atoms with Gasteiger partial charge in [0.1, 0.15) is 5.60 Å². The van der Waals surface area contributed by atoms with Gasteiger partial charge >= 0.3 is 11.9 Å². The van der Waals surface area contributed by atoms with E-state index in [4.69, 9.17) is 9.84 Å². The molecule has 0 heterocycles. The molecular weight excluding hydrogens is 356 g/mol. The molecule has 0 aromatic carbocycles. The highest BCUT2D eigenvalue weighted by molar-refractivity contribution is 5.69. The van der Waals surface area contributed by atoms with E-state index in [0.717, 1.165) is 25.7 Å². The van der Waals surface area contributed by atoms with Gasteiger partial charge in [-0.1, -0.05) is 77.0 Å². The summed E-state index contributed by atoms with van der Waals surface area (Å²) in [7, 11) is 0. The van der Waals surface area contributed by atoms with E-state index < -0.39 is 5.97 Å². The third kappa shape index (κ3) is 27.1. The van der Waals surface area contributed by atoms with E-state index in [1.807, 2.05) is 20.8 Å². The highest BCUT2D eigenvalue weighted by Gasteiger charge is 2.15. The van der Waals surface area contributed by atoms with Gasteiger partial charge in [-0.3, -0.25) is 9.59 Å². The topological polar surface area (TPSA) is 134 Å². The molecule has 0 unspecified atom stereocenters. The smallest absolute Gasteiger partial charge is 0.306 e. The highest BCUT2D eigenvalue weighted by atomic mass is 16.6. The van der Waals surface area contributed by atoms with Crippen LogP contribution in [0.5, 0.6) is 0 Å². The molecular formula is C22H48N2O4. The molecule has 0 radical (unpaired) electrons. The lowest BCUT2D eigenvalue weighted by atomic mass is 10.0. The van der Waals surface area contributed by atoms with Crippen molar-refractivity contribution in [1.29, 1.82) is 0 Å². The molecule has 0 spiro atoms. The van der Waals surface area contributed by atoms with Crippen LogP contribution in [0.2, 0.25) is 0 Å². The van der Waals surface area contributed by atoms with Crippen LogP contribution >= 0.6 is 0 Å². The van der Waals surface area contributed by atoms with E-state index in [2.05, 4.69) is 0 Å². The number of hydrogen-bond acceptors (Lipinski definition) is 5. The molecule has 0 rings (SSSR count). The molecule has 0 saturated carbocycles. The second-order valence-corrected chi connectivity index (χ2v) is 8.43. The Hall–Kier alpha value is -1.14. The van der Waals surface area contributed by atoms with E-state index in [9.17, 15) is 9.59 Å². The fourth-order valence-electron chi connectivity index (χ4n) is 3.06. The summed E-state index contributed by atoms with van der Waals surface area (Å²) in [6, 6.07) is 0. The van der Waals surface area contributed by atoms with Gasteiger partial charge in [-0.25, -0.2) is 0 Å². The lowest BCUT2D eigenvalue weighted by Crippen LogP contribution is -2.23. The first kappa shape index (κ1) is 31.6. The monoisotopic (exact) mass is 404 g/mol. The van der Waals surface area contributed by atoms with Crippen LogP contribution in [-0.4, -0.2) is 22.6 Å². The number of carboxylic acid groups (broad SMARTS) is 1. The van der Waals surface area contributed by atoms with Crippen LogP contribution in [-0.2, 0) is 14.3 Å². The Morgan fingerprint density at radius 2 is 0.893 bits per heavy atom. The second-order valence-electron chi connectivity index (χ2n) is 8.43. The maximum atomic E-state index is 11.6. The van der Waals surface area contributed by atoms with Crippen LogP contribution in [0.15, 0.2) is 0 Å². The van der Waals surface area contributed by atoms with Crippen molar-refractivity contribution in [3.05, 3.63) is 0 Å². The zero-order chi connectivity index (χ0) is 19.7. The van der Waals surface area contributed by atoms with Crippen molar-refractivity contribution in [2.45, 2.75) is 129 Å². The number of ether oxygens (including phenoxy) is 1. The Morgan fingerprint density at radius 3 is 1.18 bits per heavy atom. The zero-order valence-electron chi connectivity index (χ0n) is 18.9. The standard InChI is InChI=1S/C22H42O4.2H3N/c1-22(2,3)26-21(25)19-17-15-13-11-9-7-5-4-6-8-10-12-14-16-18-20(23)24;;/h4-19H2,1-3H3,(H,23,24);2*1H3. The van der Waals surface area contributed by atoms with Crippen LogP contribution in [0.1, 0.15) is 124 Å². The van der Waals surface area contributed by atoms with Crippen LogP contribution in [0, 0.1) is 0 Å². The van der Waals surface area contributed by atoms with E-state index in [1.54, 1.807) is 0 Å². The summed E-state index contributed by atoms with van der Waals surface area (Å²) >= 11 is 0. The SMILES string of the molecule is CC(C)(C)OC(=O)CCCCCCCCCCCCCCCCC(=O)O.N.N. The summed E-state index contributed by atoms with van der Waals surface area (Å²) in [4.78, 5) is 22.0. The Morgan fingerprint density at radius 1 is 0.607 bits per heavy atom. The molecule has 170 valence electrons. The minimum Gasteiger partial charge on any atom is -0.481 e. The molecule has 0 fully saturated rings. The van der Waals surface area contributed by atoms with Crippen molar-refractivity contribution >= 4 is 11.9 Å². The van der Waals surface area contributed by atoms with Crippen LogP contribution in [0.4, 0.5) is 0 Å². The fraction of sp³-hybridized carbons (Fsp3) is 0.909. The minimum absolute atomic E-state index is 0. The third-order valence-corrected chi connectivity index (χ3v) is 4.44. The van der Waals surface area contributed by atoms with Gasteiger partial charge in [0.05, 0.1) is 0 Å². The molecule has 6 nitrogen and oxygen atoms in total. The van der Waals surface area contributed by atoms with Crippen molar-refractivity contribution in [2.24, 2.45) is 0 Å². The molecule has 0 aliphatic heterocycles. The van der Waals surface area contributed by atoms with Gasteiger partial charge in [0.25, 0.3) is 0 Å². The van der Waals surface area contributed by atoms with E-state index in [-0.39, 0.29) is 23.9 Å². The predicted octanol–water partition coefficient (Wildman–Crippen LogP) is 6.98. The number of carbonyl (C=O) groups excluding carboxylic acids is 1. The number of esters is 1. The Bertz CT molecular complexity index is 368. The van der Waals surface area contributed by atoms with Gasteiger partial charge in [-0.2, -0.15) is 0 Å².